The van der Waals surface area contributed by atoms with Crippen LogP contribution in [-0.4, -0.2) is 29.1 Å². The van der Waals surface area contributed by atoms with E-state index >= 15 is 0 Å². The van der Waals surface area contributed by atoms with Crippen molar-refractivity contribution in [3.8, 4) is 34.2 Å². The van der Waals surface area contributed by atoms with E-state index in [9.17, 15) is 15.2 Å². The number of primary amides is 1. The molecule has 1 aromatic heterocycles. The molecule has 3 aromatic rings. The lowest BCUT2D eigenvalue weighted by molar-refractivity contribution is -0.116. The largest absolute Gasteiger partial charge is 0.507 e. The van der Waals surface area contributed by atoms with Gasteiger partial charge in [0.25, 0.3) is 0 Å². The molecular weight excluding hydrogens is 426 g/mol. The predicted octanol–water partition coefficient (Wildman–Crippen LogP) is 3.93. The predicted molar refractivity (Wildman–Crippen MR) is 125 cm³/mol. The molecule has 1 heterocycles. The fourth-order valence-corrected chi connectivity index (χ4v) is 3.95. The average Bonchev–Trinajstić information content (AvgIpc) is 3.57. The number of carbonyl (C=O) groups excluding carboxylic acids is 1. The molecular formula is C24H22ClN5O2. The minimum Gasteiger partial charge on any atom is -0.507 e. The Morgan fingerprint density at radius 2 is 1.97 bits per heavy atom. The normalized spacial score (nSPS) is 12.9. The second-order valence-corrected chi connectivity index (χ2v) is 8.31. The summed E-state index contributed by atoms with van der Waals surface area (Å²) in [5.41, 5.74) is 14.7. The van der Waals surface area contributed by atoms with Crippen LogP contribution >= 0.6 is 11.6 Å². The summed E-state index contributed by atoms with van der Waals surface area (Å²) in [4.78, 5) is 17.9. The van der Waals surface area contributed by atoms with Gasteiger partial charge in [-0.05, 0) is 54.7 Å². The van der Waals surface area contributed by atoms with Crippen molar-refractivity contribution in [3.63, 3.8) is 0 Å². The van der Waals surface area contributed by atoms with Crippen LogP contribution in [0, 0.1) is 17.2 Å². The Morgan fingerprint density at radius 3 is 2.62 bits per heavy atom. The van der Waals surface area contributed by atoms with Crippen LogP contribution < -0.4 is 16.4 Å². The third-order valence-corrected chi connectivity index (χ3v) is 5.78. The molecule has 0 radical (unpaired) electrons. The number of rotatable bonds is 7. The van der Waals surface area contributed by atoms with Gasteiger partial charge in [-0.3, -0.25) is 4.79 Å². The molecule has 0 spiro atoms. The lowest BCUT2D eigenvalue weighted by Gasteiger charge is -2.25. The molecule has 0 atom stereocenters. The molecule has 0 aliphatic heterocycles. The minimum atomic E-state index is -0.445. The Labute approximate surface area is 190 Å². The number of hydrogen-bond donors (Lipinski definition) is 3. The fourth-order valence-electron chi connectivity index (χ4n) is 3.71. The third-order valence-electron chi connectivity index (χ3n) is 5.46. The highest BCUT2D eigenvalue weighted by atomic mass is 35.5. The molecule has 1 saturated carbocycles. The van der Waals surface area contributed by atoms with E-state index in [1.165, 1.54) is 0 Å². The summed E-state index contributed by atoms with van der Waals surface area (Å²) in [6.45, 7) is 0.727. The van der Waals surface area contributed by atoms with Crippen molar-refractivity contribution in [2.24, 2.45) is 11.7 Å². The average molecular weight is 448 g/mol. The zero-order valence-corrected chi connectivity index (χ0v) is 18.0. The highest BCUT2D eigenvalue weighted by Crippen LogP contribution is 2.39. The van der Waals surface area contributed by atoms with Crippen molar-refractivity contribution in [1.82, 2.24) is 4.98 Å². The van der Waals surface area contributed by atoms with Gasteiger partial charge < -0.3 is 21.5 Å². The molecule has 8 heteroatoms. The molecule has 162 valence electrons. The van der Waals surface area contributed by atoms with Gasteiger partial charge in [0.05, 0.1) is 22.9 Å². The molecule has 0 saturated heterocycles. The van der Waals surface area contributed by atoms with Gasteiger partial charge >= 0.3 is 0 Å². The molecule has 0 bridgehead atoms. The number of benzene rings is 2. The SMILES string of the molecule is N#Cc1c(-c2ccc(Cl)c(N(CC(N)=O)CC3CC3)c2)cc(-c2ccccc2O)nc1N. The Hall–Kier alpha value is -3.76. The van der Waals surface area contributed by atoms with Crippen LogP contribution in [0.25, 0.3) is 22.4 Å². The summed E-state index contributed by atoms with van der Waals surface area (Å²) in [6, 6.07) is 16.0. The van der Waals surface area contributed by atoms with Crippen LogP contribution in [-0.2, 0) is 4.79 Å². The first-order valence-corrected chi connectivity index (χ1v) is 10.6. The Kier molecular flexibility index (Phi) is 5.89. The molecule has 1 amide bonds. The van der Waals surface area contributed by atoms with Crippen molar-refractivity contribution in [3.05, 3.63) is 59.1 Å². The molecule has 1 aliphatic rings. The summed E-state index contributed by atoms with van der Waals surface area (Å²) in [7, 11) is 0. The lowest BCUT2D eigenvalue weighted by atomic mass is 9.97. The monoisotopic (exact) mass is 447 g/mol. The first kappa shape index (κ1) is 21.5. The number of hydrogen-bond acceptors (Lipinski definition) is 6. The molecule has 1 aliphatic carbocycles. The van der Waals surface area contributed by atoms with Gasteiger partial charge in [0, 0.05) is 17.7 Å². The Morgan fingerprint density at radius 1 is 1.22 bits per heavy atom. The van der Waals surface area contributed by atoms with Gasteiger partial charge in [0.15, 0.2) is 0 Å². The van der Waals surface area contributed by atoms with E-state index in [4.69, 9.17) is 23.1 Å². The number of carbonyl (C=O) groups is 1. The quantitative estimate of drug-likeness (QED) is 0.503. The van der Waals surface area contributed by atoms with Crippen LogP contribution in [0.3, 0.4) is 0 Å². The standard InChI is InChI=1S/C24H22ClN5O2/c25-19-8-7-15(9-21(19)30(13-23(27)32)12-14-5-6-14)17-10-20(29-24(28)18(17)11-26)16-3-1-2-4-22(16)31/h1-4,7-10,14,31H,5-6,12-13H2,(H2,27,32)(H2,28,29). The number of phenols is 1. The summed E-state index contributed by atoms with van der Waals surface area (Å²) in [6.07, 6.45) is 2.21. The van der Waals surface area contributed by atoms with Crippen LogP contribution in [0.4, 0.5) is 11.5 Å². The van der Waals surface area contributed by atoms with Gasteiger partial charge in [-0.15, -0.1) is 0 Å². The number of halogens is 1. The first-order chi connectivity index (χ1) is 15.4. The van der Waals surface area contributed by atoms with Crippen LogP contribution in [0.1, 0.15) is 18.4 Å². The summed E-state index contributed by atoms with van der Waals surface area (Å²) in [5, 5.41) is 20.5. The number of nitrogens with zero attached hydrogens (tertiary/aromatic N) is 3. The molecule has 1 fully saturated rings. The number of aromatic nitrogens is 1. The van der Waals surface area contributed by atoms with Gasteiger partial charge in [0.2, 0.25) is 5.91 Å². The maximum absolute atomic E-state index is 11.7. The van der Waals surface area contributed by atoms with Crippen molar-refractivity contribution in [1.29, 1.82) is 5.26 Å². The van der Waals surface area contributed by atoms with E-state index in [0.717, 1.165) is 12.8 Å². The number of anilines is 2. The van der Waals surface area contributed by atoms with E-state index in [1.54, 1.807) is 42.5 Å². The number of nitrogens with two attached hydrogens (primary N) is 2. The maximum atomic E-state index is 11.7. The fraction of sp³-hybridized carbons (Fsp3) is 0.208. The topological polar surface area (TPSA) is 129 Å². The van der Waals surface area contributed by atoms with Crippen LogP contribution in [0.5, 0.6) is 5.75 Å². The number of para-hydroxylation sites is 1. The van der Waals surface area contributed by atoms with Gasteiger partial charge in [0.1, 0.15) is 23.2 Å². The van der Waals surface area contributed by atoms with Gasteiger partial charge in [-0.1, -0.05) is 29.8 Å². The van der Waals surface area contributed by atoms with Crippen LogP contribution in [0.15, 0.2) is 48.5 Å². The minimum absolute atomic E-state index is 0.0480. The van der Waals surface area contributed by atoms with E-state index < -0.39 is 5.91 Å². The van der Waals surface area contributed by atoms with Crippen LogP contribution in [0.2, 0.25) is 5.02 Å². The number of phenolic OH excluding ortho intramolecular Hbond substituents is 1. The number of amides is 1. The Bertz CT molecular complexity index is 1230. The summed E-state index contributed by atoms with van der Waals surface area (Å²) in [5.74, 6) is 0.184. The molecule has 32 heavy (non-hydrogen) atoms. The second kappa shape index (κ2) is 8.77. The van der Waals surface area contributed by atoms with Crippen molar-refractivity contribution >= 4 is 29.0 Å². The number of pyridine rings is 1. The zero-order valence-electron chi connectivity index (χ0n) is 17.3. The van der Waals surface area contributed by atoms with E-state index in [1.807, 2.05) is 11.0 Å². The van der Waals surface area contributed by atoms with Crippen molar-refractivity contribution < 1.29 is 9.90 Å². The number of nitrogen functional groups attached to an aromatic ring is 1. The number of nitriles is 1. The van der Waals surface area contributed by atoms with Gasteiger partial charge in [-0.25, -0.2) is 4.98 Å². The lowest BCUT2D eigenvalue weighted by Crippen LogP contribution is -2.35. The summed E-state index contributed by atoms with van der Waals surface area (Å²) < 4.78 is 0. The smallest absolute Gasteiger partial charge is 0.236 e. The highest BCUT2D eigenvalue weighted by molar-refractivity contribution is 6.33. The molecule has 2 aromatic carbocycles. The number of aromatic hydroxyl groups is 1. The molecule has 4 rings (SSSR count). The van der Waals surface area contributed by atoms with Crippen molar-refractivity contribution in [2.75, 3.05) is 23.7 Å². The summed E-state index contributed by atoms with van der Waals surface area (Å²) >= 11 is 6.49. The van der Waals surface area contributed by atoms with E-state index in [0.29, 0.717) is 45.6 Å². The first-order valence-electron chi connectivity index (χ1n) is 10.2. The second-order valence-electron chi connectivity index (χ2n) is 7.90. The maximum Gasteiger partial charge on any atom is 0.236 e. The Balaban J connectivity index is 1.84. The van der Waals surface area contributed by atoms with Gasteiger partial charge in [-0.2, -0.15) is 5.26 Å². The van der Waals surface area contributed by atoms with Crippen molar-refractivity contribution in [2.45, 2.75) is 12.8 Å². The third kappa shape index (κ3) is 4.46. The highest BCUT2D eigenvalue weighted by Gasteiger charge is 2.26. The van der Waals surface area contributed by atoms with E-state index in [-0.39, 0.29) is 23.7 Å². The zero-order chi connectivity index (χ0) is 22.8. The van der Waals surface area contributed by atoms with E-state index in [2.05, 4.69) is 11.1 Å². The molecule has 5 N–H and O–H groups in total. The molecule has 0 unspecified atom stereocenters. The molecule has 7 nitrogen and oxygen atoms in total.